The van der Waals surface area contributed by atoms with Crippen molar-refractivity contribution >= 4 is 51.7 Å². The largest absolute Gasteiger partial charge is 0.285 e. The third-order valence-electron chi connectivity index (χ3n) is 3.09. The van der Waals surface area contributed by atoms with Crippen molar-refractivity contribution in [1.29, 1.82) is 0 Å². The first-order valence-electron chi connectivity index (χ1n) is 6.74. The molecule has 1 aliphatic rings. The van der Waals surface area contributed by atoms with E-state index in [9.17, 15) is 9.59 Å². The van der Waals surface area contributed by atoms with Gasteiger partial charge in [0, 0.05) is 0 Å². The van der Waals surface area contributed by atoms with E-state index >= 15 is 0 Å². The lowest BCUT2D eigenvalue weighted by Gasteiger charge is -2.15. The van der Waals surface area contributed by atoms with Crippen LogP contribution in [0.5, 0.6) is 0 Å². The maximum atomic E-state index is 12.0. The lowest BCUT2D eigenvalue weighted by atomic mass is 10.2. The Hall–Kier alpha value is -1.83. The average molecular weight is 366 g/mol. The first-order chi connectivity index (χ1) is 11.1. The Labute approximate surface area is 146 Å². The number of carbonyl (C=O) groups is 2. The summed E-state index contributed by atoms with van der Waals surface area (Å²) in [6.07, 6.45) is 0. The highest BCUT2D eigenvalue weighted by atomic mass is 35.5. The molecule has 8 heteroatoms. The van der Waals surface area contributed by atoms with Gasteiger partial charge in [-0.25, -0.2) is 5.43 Å². The Bertz CT molecular complexity index is 761. The second kappa shape index (κ2) is 7.16. The van der Waals surface area contributed by atoms with Crippen molar-refractivity contribution in [3.8, 4) is 0 Å². The number of hydrogen-bond acceptors (Lipinski definition) is 5. The Morgan fingerprint density at radius 1 is 1.26 bits per heavy atom. The molecule has 118 valence electrons. The highest BCUT2D eigenvalue weighted by Gasteiger charge is 2.28. The van der Waals surface area contributed by atoms with Gasteiger partial charge < -0.3 is 0 Å². The number of carbonyl (C=O) groups excluding carboxylic acids is 2. The van der Waals surface area contributed by atoms with Gasteiger partial charge in [-0.05, 0) is 17.7 Å². The van der Waals surface area contributed by atoms with Crippen LogP contribution in [0.15, 0.2) is 47.6 Å². The van der Waals surface area contributed by atoms with Crippen molar-refractivity contribution in [2.24, 2.45) is 5.10 Å². The van der Waals surface area contributed by atoms with Crippen molar-refractivity contribution in [2.75, 3.05) is 5.75 Å². The van der Waals surface area contributed by atoms with Gasteiger partial charge in [-0.3, -0.25) is 14.5 Å². The quantitative estimate of drug-likeness (QED) is 0.846. The minimum Gasteiger partial charge on any atom is -0.285 e. The number of amidine groups is 1. The number of thiophene rings is 1. The van der Waals surface area contributed by atoms with Crippen LogP contribution in [0.25, 0.3) is 0 Å². The van der Waals surface area contributed by atoms with Gasteiger partial charge in [0.05, 0.1) is 21.5 Å². The van der Waals surface area contributed by atoms with Crippen LogP contribution in [0.1, 0.15) is 15.2 Å². The van der Waals surface area contributed by atoms with Crippen LogP contribution in [-0.4, -0.2) is 27.6 Å². The molecule has 1 aromatic carbocycles. The average Bonchev–Trinajstić information content (AvgIpc) is 3.14. The molecule has 0 bridgehead atoms. The van der Waals surface area contributed by atoms with Gasteiger partial charge in [-0.1, -0.05) is 53.7 Å². The molecule has 0 unspecified atom stereocenters. The Kier molecular flexibility index (Phi) is 5.00. The van der Waals surface area contributed by atoms with E-state index in [1.165, 1.54) is 23.1 Å². The van der Waals surface area contributed by atoms with Gasteiger partial charge in [-0.15, -0.1) is 16.4 Å². The molecule has 23 heavy (non-hydrogen) atoms. The lowest BCUT2D eigenvalue weighted by molar-refractivity contribution is -0.124. The molecule has 1 saturated heterocycles. The van der Waals surface area contributed by atoms with E-state index in [0.717, 1.165) is 5.56 Å². The van der Waals surface area contributed by atoms with E-state index in [-0.39, 0.29) is 11.8 Å². The Balaban J connectivity index is 1.70. The number of halogens is 1. The molecule has 1 aromatic heterocycles. The molecule has 0 radical (unpaired) electrons. The minimum atomic E-state index is -0.339. The molecule has 2 amide bonds. The number of thioether (sulfide) groups is 1. The van der Waals surface area contributed by atoms with Crippen molar-refractivity contribution < 1.29 is 9.59 Å². The molecular weight excluding hydrogens is 354 g/mol. The van der Waals surface area contributed by atoms with Crippen LogP contribution in [-0.2, 0) is 11.3 Å². The number of nitrogens with one attached hydrogen (secondary N) is 1. The third-order valence-corrected chi connectivity index (χ3v) is 5.28. The fourth-order valence-corrected chi connectivity index (χ4v) is 3.77. The fourth-order valence-electron chi connectivity index (χ4n) is 1.99. The molecule has 0 aliphatic carbocycles. The second-order valence-corrected chi connectivity index (χ2v) is 7.35. The van der Waals surface area contributed by atoms with Crippen LogP contribution in [0.2, 0.25) is 4.34 Å². The number of benzene rings is 1. The SMILES string of the molecule is O=C(N/N=C1\SCC(=O)N1Cc1ccccc1)c1ccc(Cl)s1. The summed E-state index contributed by atoms with van der Waals surface area (Å²) in [7, 11) is 0. The molecule has 1 N–H and O–H groups in total. The summed E-state index contributed by atoms with van der Waals surface area (Å²) in [5.41, 5.74) is 3.48. The zero-order valence-electron chi connectivity index (χ0n) is 11.9. The van der Waals surface area contributed by atoms with Gasteiger partial charge in [0.15, 0.2) is 5.17 Å². The van der Waals surface area contributed by atoms with Gasteiger partial charge in [-0.2, -0.15) is 0 Å². The molecule has 5 nitrogen and oxygen atoms in total. The van der Waals surface area contributed by atoms with E-state index in [2.05, 4.69) is 10.5 Å². The van der Waals surface area contributed by atoms with Gasteiger partial charge in [0.1, 0.15) is 0 Å². The Morgan fingerprint density at radius 2 is 2.04 bits per heavy atom. The Morgan fingerprint density at radius 3 is 2.74 bits per heavy atom. The highest BCUT2D eigenvalue weighted by Crippen LogP contribution is 2.23. The van der Waals surface area contributed by atoms with Crippen LogP contribution in [0.3, 0.4) is 0 Å². The molecule has 1 fully saturated rings. The lowest BCUT2D eigenvalue weighted by Crippen LogP contribution is -2.31. The van der Waals surface area contributed by atoms with Crippen LogP contribution >= 0.6 is 34.7 Å². The summed E-state index contributed by atoms with van der Waals surface area (Å²) in [5.74, 6) is -0.0353. The highest BCUT2D eigenvalue weighted by molar-refractivity contribution is 8.15. The predicted molar refractivity (Wildman–Crippen MR) is 93.7 cm³/mol. The molecule has 0 atom stereocenters. The van der Waals surface area contributed by atoms with Gasteiger partial charge >= 0.3 is 0 Å². The molecule has 1 aliphatic heterocycles. The number of nitrogens with zero attached hydrogens (tertiary/aromatic N) is 2. The maximum Gasteiger partial charge on any atom is 0.281 e. The topological polar surface area (TPSA) is 61.8 Å². The monoisotopic (exact) mass is 365 g/mol. The third kappa shape index (κ3) is 3.93. The minimum absolute atomic E-state index is 0.0222. The van der Waals surface area contributed by atoms with E-state index < -0.39 is 0 Å². The normalized spacial score (nSPS) is 16.1. The van der Waals surface area contributed by atoms with Gasteiger partial charge in [0.25, 0.3) is 5.91 Å². The molecule has 2 heterocycles. The summed E-state index contributed by atoms with van der Waals surface area (Å²) in [6.45, 7) is 0.437. The maximum absolute atomic E-state index is 12.0. The summed E-state index contributed by atoms with van der Waals surface area (Å²) in [4.78, 5) is 26.0. The van der Waals surface area contributed by atoms with Crippen molar-refractivity contribution in [3.63, 3.8) is 0 Å². The molecular formula is C15H12ClN3O2S2. The second-order valence-electron chi connectivity index (χ2n) is 4.69. The summed E-state index contributed by atoms with van der Waals surface area (Å²) in [6, 6.07) is 12.9. The fraction of sp³-hybridized carbons (Fsp3) is 0.133. The standard InChI is InChI=1S/C15H12ClN3O2S2/c16-12-7-6-11(23-12)14(21)17-18-15-19(13(20)9-22-15)8-10-4-2-1-3-5-10/h1-7H,8-9H2,(H,17,21)/b18-15-. The van der Waals surface area contributed by atoms with Gasteiger partial charge in [0.2, 0.25) is 5.91 Å². The summed E-state index contributed by atoms with van der Waals surface area (Å²) < 4.78 is 0.541. The summed E-state index contributed by atoms with van der Waals surface area (Å²) in [5, 5.41) is 4.58. The van der Waals surface area contributed by atoms with Crippen LogP contribution < -0.4 is 5.43 Å². The van der Waals surface area contributed by atoms with Crippen molar-refractivity contribution in [1.82, 2.24) is 10.3 Å². The smallest absolute Gasteiger partial charge is 0.281 e. The number of rotatable bonds is 4. The zero-order chi connectivity index (χ0) is 16.2. The van der Waals surface area contributed by atoms with E-state index in [0.29, 0.717) is 26.7 Å². The van der Waals surface area contributed by atoms with Crippen LogP contribution in [0, 0.1) is 0 Å². The molecule has 2 aromatic rings. The number of amides is 2. The van der Waals surface area contributed by atoms with E-state index in [1.54, 1.807) is 17.0 Å². The van der Waals surface area contributed by atoms with E-state index in [4.69, 9.17) is 11.6 Å². The van der Waals surface area contributed by atoms with Crippen molar-refractivity contribution in [3.05, 3.63) is 57.2 Å². The van der Waals surface area contributed by atoms with Crippen molar-refractivity contribution in [2.45, 2.75) is 6.54 Å². The zero-order valence-corrected chi connectivity index (χ0v) is 14.2. The van der Waals surface area contributed by atoms with E-state index in [1.807, 2.05) is 30.3 Å². The molecule has 0 saturated carbocycles. The molecule has 3 rings (SSSR count). The number of hydrazone groups is 1. The first-order valence-corrected chi connectivity index (χ1v) is 8.92. The van der Waals surface area contributed by atoms with Crippen LogP contribution in [0.4, 0.5) is 0 Å². The first kappa shape index (κ1) is 16.0. The summed E-state index contributed by atoms with van der Waals surface area (Å²) >= 11 is 8.30. The predicted octanol–water partition coefficient (Wildman–Crippen LogP) is 3.18. The number of hydrogen-bond donors (Lipinski definition) is 1. The molecule has 0 spiro atoms.